The van der Waals surface area contributed by atoms with Gasteiger partial charge in [-0.15, -0.1) is 10.2 Å². The van der Waals surface area contributed by atoms with Crippen LogP contribution in [0.4, 0.5) is 5.13 Å². The molecule has 1 aliphatic carbocycles. The Morgan fingerprint density at radius 2 is 2.10 bits per heavy atom. The van der Waals surface area contributed by atoms with Crippen LogP contribution in [0.25, 0.3) is 0 Å². The predicted molar refractivity (Wildman–Crippen MR) is 81.8 cm³/mol. The molecule has 0 aliphatic heterocycles. The molecular formula is C14H24N4OS. The summed E-state index contributed by atoms with van der Waals surface area (Å²) < 4.78 is 0. The Bertz CT molecular complexity index is 427. The van der Waals surface area contributed by atoms with E-state index in [9.17, 15) is 4.79 Å². The number of unbranched alkanes of at least 4 members (excludes halogenated alkanes) is 1. The maximum Gasteiger partial charge on any atom is 0.239 e. The van der Waals surface area contributed by atoms with E-state index in [2.05, 4.69) is 22.4 Å². The quantitative estimate of drug-likeness (QED) is 0.845. The first kappa shape index (κ1) is 15.4. The minimum Gasteiger partial charge on any atom is -0.322 e. The molecule has 5 nitrogen and oxygen atoms in total. The summed E-state index contributed by atoms with van der Waals surface area (Å²) in [5.41, 5.74) is 5.27. The minimum absolute atomic E-state index is 0.0164. The van der Waals surface area contributed by atoms with E-state index in [-0.39, 0.29) is 12.5 Å². The molecule has 6 heteroatoms. The van der Waals surface area contributed by atoms with Crippen LogP contribution >= 0.6 is 11.3 Å². The Labute approximate surface area is 124 Å². The van der Waals surface area contributed by atoms with Gasteiger partial charge in [0.2, 0.25) is 11.0 Å². The number of nitrogens with zero attached hydrogens (tertiary/aromatic N) is 2. The Morgan fingerprint density at radius 3 is 2.75 bits per heavy atom. The molecule has 0 unspecified atom stereocenters. The third-order valence-electron chi connectivity index (χ3n) is 4.03. The van der Waals surface area contributed by atoms with Crippen molar-refractivity contribution in [3.63, 3.8) is 0 Å². The summed E-state index contributed by atoms with van der Waals surface area (Å²) in [6.45, 7) is 2.24. The van der Waals surface area contributed by atoms with Gasteiger partial charge in [0.15, 0.2) is 0 Å². The van der Waals surface area contributed by atoms with Crippen LogP contribution in [0.15, 0.2) is 0 Å². The lowest BCUT2D eigenvalue weighted by Crippen LogP contribution is -2.21. The molecule has 2 rings (SSSR count). The van der Waals surface area contributed by atoms with Crippen molar-refractivity contribution in [3.05, 3.63) is 5.01 Å². The maximum absolute atomic E-state index is 11.2. The van der Waals surface area contributed by atoms with E-state index in [1.807, 2.05) is 0 Å². The maximum atomic E-state index is 11.2. The molecule has 0 spiro atoms. The van der Waals surface area contributed by atoms with Gasteiger partial charge in [0.25, 0.3) is 0 Å². The number of hydrogen-bond acceptors (Lipinski definition) is 5. The SMILES string of the molecule is CCCCC1CCC(c2nnc(NC(=O)CN)s2)CC1. The summed E-state index contributed by atoms with van der Waals surface area (Å²) in [6.07, 6.45) is 9.02. The van der Waals surface area contributed by atoms with Crippen molar-refractivity contribution in [1.82, 2.24) is 10.2 Å². The molecule has 1 aromatic heterocycles. The van der Waals surface area contributed by atoms with E-state index in [1.165, 1.54) is 56.3 Å². The second kappa shape index (κ2) is 7.69. The van der Waals surface area contributed by atoms with Gasteiger partial charge in [-0.25, -0.2) is 0 Å². The zero-order chi connectivity index (χ0) is 14.4. The molecule has 0 aromatic carbocycles. The monoisotopic (exact) mass is 296 g/mol. The highest BCUT2D eigenvalue weighted by atomic mass is 32.1. The first-order chi connectivity index (χ1) is 9.72. The normalized spacial score (nSPS) is 22.7. The molecule has 112 valence electrons. The summed E-state index contributed by atoms with van der Waals surface area (Å²) in [5.74, 6) is 1.21. The lowest BCUT2D eigenvalue weighted by atomic mass is 9.80. The molecule has 1 amide bonds. The molecule has 1 fully saturated rings. The van der Waals surface area contributed by atoms with E-state index in [0.29, 0.717) is 11.0 Å². The van der Waals surface area contributed by atoms with E-state index in [0.717, 1.165) is 10.9 Å². The molecule has 0 saturated heterocycles. The summed E-state index contributed by atoms with van der Waals surface area (Å²) >= 11 is 1.49. The smallest absolute Gasteiger partial charge is 0.239 e. The van der Waals surface area contributed by atoms with Crippen LogP contribution in [0.5, 0.6) is 0 Å². The van der Waals surface area contributed by atoms with Crippen LogP contribution < -0.4 is 11.1 Å². The highest BCUT2D eigenvalue weighted by Gasteiger charge is 2.24. The highest BCUT2D eigenvalue weighted by molar-refractivity contribution is 7.15. The van der Waals surface area contributed by atoms with Crippen LogP contribution in [0.3, 0.4) is 0 Å². The van der Waals surface area contributed by atoms with Gasteiger partial charge in [0, 0.05) is 5.92 Å². The van der Waals surface area contributed by atoms with Crippen molar-refractivity contribution in [2.75, 3.05) is 11.9 Å². The van der Waals surface area contributed by atoms with Crippen LogP contribution in [0.2, 0.25) is 0 Å². The summed E-state index contributed by atoms with van der Waals surface area (Å²) in [7, 11) is 0. The average molecular weight is 296 g/mol. The number of anilines is 1. The number of hydrogen-bond donors (Lipinski definition) is 2. The van der Waals surface area contributed by atoms with Gasteiger partial charge in [0.1, 0.15) is 5.01 Å². The summed E-state index contributed by atoms with van der Waals surface area (Å²) in [6, 6.07) is 0. The average Bonchev–Trinajstić information content (AvgIpc) is 2.94. The van der Waals surface area contributed by atoms with Gasteiger partial charge in [-0.2, -0.15) is 0 Å². The molecule has 1 aromatic rings. The van der Waals surface area contributed by atoms with Crippen molar-refractivity contribution in [3.8, 4) is 0 Å². The fourth-order valence-electron chi connectivity index (χ4n) is 2.81. The van der Waals surface area contributed by atoms with Crippen LogP contribution in [0, 0.1) is 5.92 Å². The van der Waals surface area contributed by atoms with Crippen LogP contribution in [-0.2, 0) is 4.79 Å². The van der Waals surface area contributed by atoms with Crippen molar-refractivity contribution in [1.29, 1.82) is 0 Å². The standard InChI is InChI=1S/C14H24N4OS/c1-2-3-4-10-5-7-11(8-6-10)13-17-18-14(20-13)16-12(19)9-15/h10-11H,2-9,15H2,1H3,(H,16,18,19). The molecule has 0 radical (unpaired) electrons. The lowest BCUT2D eigenvalue weighted by molar-refractivity contribution is -0.114. The molecule has 1 heterocycles. The number of nitrogens with one attached hydrogen (secondary N) is 1. The Hall–Kier alpha value is -1.01. The fraction of sp³-hybridized carbons (Fsp3) is 0.786. The second-order valence-corrected chi connectivity index (χ2v) is 6.57. The van der Waals surface area contributed by atoms with E-state index in [1.54, 1.807) is 0 Å². The number of amides is 1. The molecule has 20 heavy (non-hydrogen) atoms. The Kier molecular flexibility index (Phi) is 5.91. The number of carbonyl (C=O) groups is 1. The van der Waals surface area contributed by atoms with E-state index >= 15 is 0 Å². The molecular weight excluding hydrogens is 272 g/mol. The third-order valence-corrected chi connectivity index (χ3v) is 5.04. The molecule has 3 N–H and O–H groups in total. The minimum atomic E-state index is -0.212. The first-order valence-corrected chi connectivity index (χ1v) is 8.37. The van der Waals surface area contributed by atoms with Gasteiger partial charge in [-0.3, -0.25) is 10.1 Å². The molecule has 0 atom stereocenters. The summed E-state index contributed by atoms with van der Waals surface area (Å²) in [5, 5.41) is 12.6. The predicted octanol–water partition coefficient (Wildman–Crippen LogP) is 2.90. The van der Waals surface area contributed by atoms with Crippen molar-refractivity contribution in [2.45, 2.75) is 57.8 Å². The van der Waals surface area contributed by atoms with Crippen molar-refractivity contribution < 1.29 is 4.79 Å². The fourth-order valence-corrected chi connectivity index (χ4v) is 3.74. The number of aromatic nitrogens is 2. The first-order valence-electron chi connectivity index (χ1n) is 7.56. The van der Waals surface area contributed by atoms with Crippen molar-refractivity contribution >= 4 is 22.4 Å². The molecule has 1 aliphatic rings. The number of carbonyl (C=O) groups excluding carboxylic acids is 1. The topological polar surface area (TPSA) is 80.9 Å². The summed E-state index contributed by atoms with van der Waals surface area (Å²) in [4.78, 5) is 11.2. The number of nitrogens with two attached hydrogens (primary N) is 1. The van der Waals surface area contributed by atoms with E-state index in [4.69, 9.17) is 5.73 Å². The van der Waals surface area contributed by atoms with Gasteiger partial charge >= 0.3 is 0 Å². The Morgan fingerprint density at radius 1 is 1.35 bits per heavy atom. The van der Waals surface area contributed by atoms with Crippen molar-refractivity contribution in [2.24, 2.45) is 11.7 Å². The molecule has 0 bridgehead atoms. The second-order valence-electron chi connectivity index (χ2n) is 5.56. The Balaban J connectivity index is 1.83. The lowest BCUT2D eigenvalue weighted by Gasteiger charge is -2.26. The molecule has 1 saturated carbocycles. The van der Waals surface area contributed by atoms with E-state index < -0.39 is 0 Å². The largest absolute Gasteiger partial charge is 0.322 e. The van der Waals surface area contributed by atoms with Gasteiger partial charge in [-0.05, 0) is 31.6 Å². The highest BCUT2D eigenvalue weighted by Crippen LogP contribution is 2.39. The van der Waals surface area contributed by atoms with Gasteiger partial charge < -0.3 is 5.73 Å². The number of rotatable bonds is 6. The zero-order valence-corrected chi connectivity index (χ0v) is 12.9. The van der Waals surface area contributed by atoms with Gasteiger partial charge in [-0.1, -0.05) is 37.5 Å². The van der Waals surface area contributed by atoms with Gasteiger partial charge in [0.05, 0.1) is 6.54 Å². The third kappa shape index (κ3) is 4.24. The zero-order valence-electron chi connectivity index (χ0n) is 12.1. The van der Waals surface area contributed by atoms with Crippen LogP contribution in [0.1, 0.15) is 62.8 Å². The van der Waals surface area contributed by atoms with Crippen LogP contribution in [-0.4, -0.2) is 22.6 Å².